The van der Waals surface area contributed by atoms with Crippen molar-refractivity contribution in [3.63, 3.8) is 0 Å². The van der Waals surface area contributed by atoms with Crippen LogP contribution in [0.5, 0.6) is 0 Å². The molecule has 0 spiro atoms. The van der Waals surface area contributed by atoms with E-state index in [0.717, 1.165) is 0 Å². The zero-order valence-corrected chi connectivity index (χ0v) is 19.2. The zero-order valence-electron chi connectivity index (χ0n) is 18.4. The smallest absolute Gasteiger partial charge is 0.187 e. The number of nitrogens with one attached hydrogen (secondary N) is 1. The average Bonchev–Trinajstić information content (AvgIpc) is 2.80. The van der Waals surface area contributed by atoms with Crippen LogP contribution in [0.4, 0.5) is 20.2 Å². The number of aromatic nitrogens is 4. The third-order valence-corrected chi connectivity index (χ3v) is 5.44. The molecule has 0 amide bonds. The van der Waals surface area contributed by atoms with E-state index in [1.165, 1.54) is 42.9 Å². The minimum Gasteiger partial charge on any atom is -0.382 e. The van der Waals surface area contributed by atoms with Crippen molar-refractivity contribution >= 4 is 34.0 Å². The molecule has 3 heterocycles. The van der Waals surface area contributed by atoms with Crippen LogP contribution in [0.3, 0.4) is 0 Å². The minimum absolute atomic E-state index is 0.0317. The molecule has 10 heteroatoms. The molecule has 3 aromatic heterocycles. The molecule has 0 radical (unpaired) electrons. The Morgan fingerprint density at radius 2 is 1.79 bits per heavy atom. The third-order valence-electron chi connectivity index (χ3n) is 5.16. The molecule has 4 aromatic rings. The summed E-state index contributed by atoms with van der Waals surface area (Å²) in [5.74, 6) is -0.940. The largest absolute Gasteiger partial charge is 0.382 e. The van der Waals surface area contributed by atoms with Crippen molar-refractivity contribution in [2.75, 3.05) is 5.32 Å². The second-order valence-electron chi connectivity index (χ2n) is 8.21. The Kier molecular flexibility index (Phi) is 6.13. The minimum atomic E-state index is -1.25. The number of aliphatic hydroxyl groups is 1. The first-order valence-corrected chi connectivity index (χ1v) is 10.6. The van der Waals surface area contributed by atoms with Gasteiger partial charge in [-0.1, -0.05) is 17.7 Å². The molecule has 0 unspecified atom stereocenters. The second-order valence-corrected chi connectivity index (χ2v) is 8.61. The van der Waals surface area contributed by atoms with Crippen LogP contribution in [0.15, 0.2) is 42.9 Å². The molecule has 7 nitrogen and oxygen atoms in total. The first kappa shape index (κ1) is 23.4. The highest BCUT2D eigenvalue weighted by Crippen LogP contribution is 2.35. The van der Waals surface area contributed by atoms with E-state index >= 15 is 0 Å². The summed E-state index contributed by atoms with van der Waals surface area (Å²) < 4.78 is 29.3. The molecule has 0 bridgehead atoms. The first-order chi connectivity index (χ1) is 16.1. The SMILES string of the molecule is [C-]#[N+]c1ccc(F)c([C@@H](C)Nc2c(Cl)cnc3cc(F)c(-c4cnc(C(C)(C)O)nc4)nc23)c1. The van der Waals surface area contributed by atoms with Gasteiger partial charge in [-0.3, -0.25) is 4.98 Å². The van der Waals surface area contributed by atoms with Crippen LogP contribution in [0, 0.1) is 18.2 Å². The summed E-state index contributed by atoms with van der Waals surface area (Å²) in [7, 11) is 0. The van der Waals surface area contributed by atoms with Gasteiger partial charge < -0.3 is 10.4 Å². The molecule has 0 saturated heterocycles. The van der Waals surface area contributed by atoms with Crippen LogP contribution >= 0.6 is 11.6 Å². The Hall–Kier alpha value is -3.74. The topological polar surface area (TPSA) is 88.2 Å². The number of nitrogens with zero attached hydrogens (tertiary/aromatic N) is 5. The lowest BCUT2D eigenvalue weighted by atomic mass is 10.1. The molecule has 4 rings (SSSR count). The molecule has 0 fully saturated rings. The lowest BCUT2D eigenvalue weighted by molar-refractivity contribution is 0.0687. The molecule has 0 aliphatic rings. The van der Waals surface area contributed by atoms with Crippen molar-refractivity contribution in [1.82, 2.24) is 19.9 Å². The molecule has 0 aliphatic heterocycles. The fourth-order valence-corrected chi connectivity index (χ4v) is 3.59. The fourth-order valence-electron chi connectivity index (χ4n) is 3.40. The molecule has 1 aromatic carbocycles. The molecule has 1 atom stereocenters. The van der Waals surface area contributed by atoms with Crippen LogP contribution in [0.1, 0.15) is 38.2 Å². The maximum absolute atomic E-state index is 14.9. The van der Waals surface area contributed by atoms with E-state index in [2.05, 4.69) is 30.1 Å². The highest BCUT2D eigenvalue weighted by atomic mass is 35.5. The number of hydrogen-bond acceptors (Lipinski definition) is 6. The summed E-state index contributed by atoms with van der Waals surface area (Å²) in [5.41, 5.74) is 0.423. The standard InChI is InChI=1S/C24H19ClF2N6O/c1-12(15-7-14(28-4)5-6-17(15)26)32-21-16(25)11-29-19-8-18(27)20(33-22(19)21)13-9-30-23(31-10-13)24(2,3)34/h5-12,34H,1-3H3,(H,29,32)/t12-/m1/s1. The number of halogens is 3. The molecule has 172 valence electrons. The molecular formula is C24H19ClF2N6O. The molecule has 34 heavy (non-hydrogen) atoms. The van der Waals surface area contributed by atoms with E-state index in [4.69, 9.17) is 18.2 Å². The van der Waals surface area contributed by atoms with Crippen molar-refractivity contribution < 1.29 is 13.9 Å². The number of anilines is 1. The first-order valence-electron chi connectivity index (χ1n) is 10.2. The fraction of sp³-hybridized carbons (Fsp3) is 0.208. The number of benzene rings is 1. The summed E-state index contributed by atoms with van der Waals surface area (Å²) in [6, 6.07) is 4.71. The van der Waals surface area contributed by atoms with E-state index in [1.807, 2.05) is 0 Å². The van der Waals surface area contributed by atoms with Gasteiger partial charge in [0.25, 0.3) is 0 Å². The van der Waals surface area contributed by atoms with Crippen LogP contribution in [0.25, 0.3) is 27.1 Å². The summed E-state index contributed by atoms with van der Waals surface area (Å²) in [6.07, 6.45) is 4.10. The van der Waals surface area contributed by atoms with Gasteiger partial charge in [0.15, 0.2) is 17.3 Å². The third kappa shape index (κ3) is 4.51. The number of pyridine rings is 2. The van der Waals surface area contributed by atoms with Gasteiger partial charge in [0.1, 0.15) is 22.6 Å². The van der Waals surface area contributed by atoms with Gasteiger partial charge in [0.2, 0.25) is 0 Å². The predicted octanol–water partition coefficient (Wildman–Crippen LogP) is 5.97. The number of fused-ring (bicyclic) bond motifs is 1. The van der Waals surface area contributed by atoms with E-state index < -0.39 is 23.3 Å². The maximum Gasteiger partial charge on any atom is 0.187 e. The van der Waals surface area contributed by atoms with Gasteiger partial charge in [-0.05, 0) is 38.5 Å². The van der Waals surface area contributed by atoms with Gasteiger partial charge >= 0.3 is 0 Å². The highest BCUT2D eigenvalue weighted by Gasteiger charge is 2.21. The van der Waals surface area contributed by atoms with Gasteiger partial charge in [0, 0.05) is 30.2 Å². The van der Waals surface area contributed by atoms with Gasteiger partial charge in [-0.25, -0.2) is 28.6 Å². The van der Waals surface area contributed by atoms with Crippen LogP contribution in [0.2, 0.25) is 5.02 Å². The normalized spacial score (nSPS) is 12.4. The monoisotopic (exact) mass is 480 g/mol. The number of rotatable bonds is 5. The van der Waals surface area contributed by atoms with E-state index in [-0.39, 0.29) is 33.1 Å². The van der Waals surface area contributed by atoms with Crippen molar-refractivity contribution in [3.8, 4) is 11.3 Å². The Labute approximate surface area is 199 Å². The van der Waals surface area contributed by atoms with Crippen molar-refractivity contribution in [2.24, 2.45) is 0 Å². The van der Waals surface area contributed by atoms with E-state index in [0.29, 0.717) is 16.9 Å². The summed E-state index contributed by atoms with van der Waals surface area (Å²) in [4.78, 5) is 20.2. The maximum atomic E-state index is 14.9. The van der Waals surface area contributed by atoms with Gasteiger partial charge in [-0.15, -0.1) is 0 Å². The van der Waals surface area contributed by atoms with Crippen LogP contribution in [-0.2, 0) is 5.60 Å². The number of hydrogen-bond donors (Lipinski definition) is 2. The van der Waals surface area contributed by atoms with E-state index in [9.17, 15) is 13.9 Å². The Morgan fingerprint density at radius 3 is 2.44 bits per heavy atom. The summed E-state index contributed by atoms with van der Waals surface area (Å²) >= 11 is 6.39. The van der Waals surface area contributed by atoms with Gasteiger partial charge in [0.05, 0.1) is 28.8 Å². The van der Waals surface area contributed by atoms with Gasteiger partial charge in [-0.2, -0.15) is 0 Å². The Morgan fingerprint density at radius 1 is 1.09 bits per heavy atom. The lowest BCUT2D eigenvalue weighted by Gasteiger charge is -2.19. The van der Waals surface area contributed by atoms with Crippen LogP contribution < -0.4 is 5.32 Å². The molecule has 0 aliphatic carbocycles. The quantitative estimate of drug-likeness (QED) is 0.342. The van der Waals surface area contributed by atoms with Crippen molar-refractivity contribution in [2.45, 2.75) is 32.4 Å². The van der Waals surface area contributed by atoms with Crippen molar-refractivity contribution in [3.05, 3.63) is 82.3 Å². The highest BCUT2D eigenvalue weighted by molar-refractivity contribution is 6.34. The Bertz CT molecular complexity index is 1430. The summed E-state index contributed by atoms with van der Waals surface area (Å²) in [6.45, 7) is 12.0. The lowest BCUT2D eigenvalue weighted by Crippen LogP contribution is -2.19. The zero-order chi connectivity index (χ0) is 24.6. The van der Waals surface area contributed by atoms with Crippen molar-refractivity contribution in [1.29, 1.82) is 0 Å². The van der Waals surface area contributed by atoms with Crippen LogP contribution in [-0.4, -0.2) is 25.0 Å². The Balaban J connectivity index is 1.79. The molecule has 2 N–H and O–H groups in total. The summed E-state index contributed by atoms with van der Waals surface area (Å²) in [5, 5.41) is 13.4. The van der Waals surface area contributed by atoms with E-state index in [1.54, 1.807) is 20.8 Å². The average molecular weight is 481 g/mol. The molecular weight excluding hydrogens is 462 g/mol. The predicted molar refractivity (Wildman–Crippen MR) is 125 cm³/mol. The molecule has 0 saturated carbocycles. The second kappa shape index (κ2) is 8.89.